The number of rotatable bonds is 7. The minimum atomic E-state index is -0.518. The van der Waals surface area contributed by atoms with Crippen molar-refractivity contribution < 1.29 is 14.5 Å². The summed E-state index contributed by atoms with van der Waals surface area (Å²) in [4.78, 5) is 32.9. The van der Waals surface area contributed by atoms with Crippen molar-refractivity contribution in [1.82, 2.24) is 19.7 Å². The van der Waals surface area contributed by atoms with E-state index in [1.54, 1.807) is 18.0 Å². The summed E-state index contributed by atoms with van der Waals surface area (Å²) >= 11 is 0.809. The van der Waals surface area contributed by atoms with Crippen LogP contribution in [0.3, 0.4) is 0 Å². The minimum Gasteiger partial charge on any atom is -0.497 e. The molecule has 0 atom stereocenters. The highest BCUT2D eigenvalue weighted by Gasteiger charge is 2.21. The van der Waals surface area contributed by atoms with Crippen LogP contribution in [0.4, 0.5) is 16.8 Å². The van der Waals surface area contributed by atoms with Crippen molar-refractivity contribution in [2.75, 3.05) is 17.7 Å². The van der Waals surface area contributed by atoms with Crippen LogP contribution in [0.5, 0.6) is 5.75 Å². The molecule has 35 heavy (non-hydrogen) atoms. The maximum atomic E-state index is 12.9. The van der Waals surface area contributed by atoms with Crippen LogP contribution < -0.4 is 15.4 Å². The van der Waals surface area contributed by atoms with Gasteiger partial charge in [-0.3, -0.25) is 14.9 Å². The fourth-order valence-corrected chi connectivity index (χ4v) is 4.84. The van der Waals surface area contributed by atoms with Gasteiger partial charge in [-0.25, -0.2) is 4.68 Å². The molecule has 180 valence electrons. The predicted molar refractivity (Wildman–Crippen MR) is 133 cm³/mol. The summed E-state index contributed by atoms with van der Waals surface area (Å²) < 4.78 is 6.92. The van der Waals surface area contributed by atoms with Gasteiger partial charge in [-0.15, -0.1) is 0 Å². The highest BCUT2D eigenvalue weighted by molar-refractivity contribution is 7.17. The number of amides is 1. The molecule has 1 aliphatic carbocycles. The quantitative estimate of drug-likeness (QED) is 0.277. The van der Waals surface area contributed by atoms with Crippen molar-refractivity contribution in [3.8, 4) is 11.4 Å². The maximum Gasteiger partial charge on any atom is 0.324 e. The molecule has 11 nitrogen and oxygen atoms in total. The molecule has 1 amide bonds. The summed E-state index contributed by atoms with van der Waals surface area (Å²) in [5.41, 5.74) is 1.30. The molecule has 0 bridgehead atoms. The predicted octanol–water partition coefficient (Wildman–Crippen LogP) is 4.79. The molecule has 5 rings (SSSR count). The largest absolute Gasteiger partial charge is 0.497 e. The van der Waals surface area contributed by atoms with Crippen LogP contribution >= 0.6 is 11.3 Å². The van der Waals surface area contributed by atoms with Crippen LogP contribution in [0, 0.1) is 10.1 Å². The topological polar surface area (TPSA) is 137 Å². The number of fused-ring (bicyclic) bond motifs is 1. The lowest BCUT2D eigenvalue weighted by Gasteiger charge is -2.23. The second kappa shape index (κ2) is 9.66. The Morgan fingerprint density at radius 2 is 1.91 bits per heavy atom. The monoisotopic (exact) mass is 493 g/mol. The average Bonchev–Trinajstić information content (AvgIpc) is 3.53. The molecule has 12 heteroatoms. The molecule has 0 spiro atoms. The lowest BCUT2D eigenvalue weighted by Crippen LogP contribution is -2.24. The normalized spacial score (nSPS) is 14.1. The Balaban J connectivity index is 1.53. The van der Waals surface area contributed by atoms with Crippen molar-refractivity contribution in [2.45, 2.75) is 38.1 Å². The van der Waals surface area contributed by atoms with E-state index < -0.39 is 10.8 Å². The third-order valence-corrected chi connectivity index (χ3v) is 6.95. The number of methoxy groups -OCH3 is 1. The molecular formula is C23H23N7O4S. The second-order valence-corrected chi connectivity index (χ2v) is 9.28. The van der Waals surface area contributed by atoms with Crippen molar-refractivity contribution in [2.24, 2.45) is 0 Å². The number of hydrogen-bond acceptors (Lipinski definition) is 9. The van der Waals surface area contributed by atoms with Crippen molar-refractivity contribution in [3.05, 3.63) is 57.6 Å². The Labute approximate surface area is 204 Å². The molecule has 0 unspecified atom stereocenters. The number of nitrogens with one attached hydrogen (secondary N) is 2. The number of carbonyl (C=O) groups excluding carboxylic acids is 1. The molecule has 2 N–H and O–H groups in total. The molecule has 1 fully saturated rings. The molecule has 3 heterocycles. The Morgan fingerprint density at radius 1 is 1.14 bits per heavy atom. The maximum absolute atomic E-state index is 12.9. The van der Waals surface area contributed by atoms with Crippen LogP contribution in [0.15, 0.2) is 42.6 Å². The van der Waals surface area contributed by atoms with Gasteiger partial charge in [0.05, 0.1) is 34.2 Å². The highest BCUT2D eigenvalue weighted by atomic mass is 32.1. The molecule has 1 aromatic carbocycles. The lowest BCUT2D eigenvalue weighted by molar-refractivity contribution is -0.380. The van der Waals surface area contributed by atoms with Gasteiger partial charge < -0.3 is 15.4 Å². The number of anilines is 2. The van der Waals surface area contributed by atoms with Crippen LogP contribution in [-0.4, -0.2) is 43.7 Å². The number of thiophene rings is 1. The van der Waals surface area contributed by atoms with Gasteiger partial charge in [-0.05, 0) is 43.2 Å². The SMILES string of the molecule is COc1ccc(-n2ncc3c(NC(=O)c4ccc([N+](=O)[O-])s4)nc(NC4CCCCC4)nc32)cc1. The van der Waals surface area contributed by atoms with Crippen LogP contribution in [0.25, 0.3) is 16.7 Å². The van der Waals surface area contributed by atoms with Crippen LogP contribution in [0.2, 0.25) is 0 Å². The molecular weight excluding hydrogens is 470 g/mol. The minimum absolute atomic E-state index is 0.102. The molecule has 0 aliphatic heterocycles. The Kier molecular flexibility index (Phi) is 6.27. The zero-order chi connectivity index (χ0) is 24.4. The van der Waals surface area contributed by atoms with Gasteiger partial charge in [0.25, 0.3) is 5.91 Å². The van der Waals surface area contributed by atoms with E-state index in [0.717, 1.165) is 48.5 Å². The molecule has 0 saturated heterocycles. The molecule has 1 saturated carbocycles. The van der Waals surface area contributed by atoms with Gasteiger partial charge in [0.1, 0.15) is 11.6 Å². The van der Waals surface area contributed by atoms with Crippen molar-refractivity contribution in [1.29, 1.82) is 0 Å². The van der Waals surface area contributed by atoms with Gasteiger partial charge in [-0.1, -0.05) is 30.6 Å². The second-order valence-electron chi connectivity index (χ2n) is 8.22. The molecule has 1 aliphatic rings. The van der Waals surface area contributed by atoms with E-state index in [1.165, 1.54) is 18.6 Å². The Bertz CT molecular complexity index is 1380. The number of nitrogens with zero attached hydrogens (tertiary/aromatic N) is 5. The molecule has 4 aromatic rings. The van der Waals surface area contributed by atoms with Crippen molar-refractivity contribution >= 4 is 45.0 Å². The summed E-state index contributed by atoms with van der Waals surface area (Å²) in [7, 11) is 1.60. The van der Waals surface area contributed by atoms with Crippen LogP contribution in [-0.2, 0) is 0 Å². The molecule has 3 aromatic heterocycles. The van der Waals surface area contributed by atoms with E-state index in [0.29, 0.717) is 17.0 Å². The Morgan fingerprint density at radius 3 is 2.60 bits per heavy atom. The number of carbonyl (C=O) groups is 1. The van der Waals surface area contributed by atoms with Gasteiger partial charge in [0.2, 0.25) is 5.95 Å². The van der Waals surface area contributed by atoms with Crippen LogP contribution in [0.1, 0.15) is 41.8 Å². The third-order valence-electron chi connectivity index (χ3n) is 5.91. The summed E-state index contributed by atoms with van der Waals surface area (Å²) in [6, 6.07) is 10.4. The number of ether oxygens (including phenoxy) is 1. The van der Waals surface area contributed by atoms with E-state index in [2.05, 4.69) is 20.7 Å². The lowest BCUT2D eigenvalue weighted by atomic mass is 9.96. The summed E-state index contributed by atoms with van der Waals surface area (Å²) in [5, 5.41) is 22.2. The van der Waals surface area contributed by atoms with Gasteiger partial charge in [-0.2, -0.15) is 15.1 Å². The Hall–Kier alpha value is -4.06. The fraction of sp³-hybridized carbons (Fsp3) is 0.304. The summed E-state index contributed by atoms with van der Waals surface area (Å²) in [5.74, 6) is 0.919. The highest BCUT2D eigenvalue weighted by Crippen LogP contribution is 2.29. The summed E-state index contributed by atoms with van der Waals surface area (Å²) in [6.07, 6.45) is 7.15. The van der Waals surface area contributed by atoms with E-state index in [1.807, 2.05) is 24.3 Å². The number of aromatic nitrogens is 4. The first-order chi connectivity index (χ1) is 17.0. The molecule has 0 radical (unpaired) electrons. The number of benzene rings is 1. The standard InChI is InChI=1S/C23H23N7O4S/c1-34-16-9-7-15(8-10-16)29-21-17(13-24-29)20(26-22(31)18-11-12-19(35-18)30(32)33)27-23(28-21)25-14-5-3-2-4-6-14/h7-14H,2-6H2,1H3,(H2,25,26,27,28,31). The smallest absolute Gasteiger partial charge is 0.324 e. The van der Waals surface area contributed by atoms with E-state index in [9.17, 15) is 14.9 Å². The van der Waals surface area contributed by atoms with Crippen molar-refractivity contribution in [3.63, 3.8) is 0 Å². The number of nitro groups is 1. The first-order valence-electron chi connectivity index (χ1n) is 11.2. The first kappa shape index (κ1) is 22.7. The third kappa shape index (κ3) is 4.78. The van der Waals surface area contributed by atoms with Gasteiger partial charge in [0.15, 0.2) is 5.65 Å². The zero-order valence-electron chi connectivity index (χ0n) is 18.9. The zero-order valence-corrected chi connectivity index (χ0v) is 19.7. The first-order valence-corrected chi connectivity index (χ1v) is 12.1. The van der Waals surface area contributed by atoms with E-state index in [4.69, 9.17) is 9.72 Å². The number of hydrogen-bond donors (Lipinski definition) is 2. The van der Waals surface area contributed by atoms with E-state index in [-0.39, 0.29) is 21.7 Å². The van der Waals surface area contributed by atoms with E-state index >= 15 is 0 Å². The van der Waals surface area contributed by atoms with Gasteiger partial charge in [0, 0.05) is 12.1 Å². The fourth-order valence-electron chi connectivity index (χ4n) is 4.13. The van der Waals surface area contributed by atoms with Gasteiger partial charge >= 0.3 is 5.00 Å². The summed E-state index contributed by atoms with van der Waals surface area (Å²) in [6.45, 7) is 0. The average molecular weight is 494 g/mol.